The smallest absolute Gasteiger partial charge is 0.331 e. The van der Waals surface area contributed by atoms with Crippen LogP contribution in [0.1, 0.15) is 32.4 Å². The van der Waals surface area contributed by atoms with Gasteiger partial charge in [0.2, 0.25) is 0 Å². The summed E-state index contributed by atoms with van der Waals surface area (Å²) in [6, 6.07) is 3.55. The van der Waals surface area contributed by atoms with Crippen molar-refractivity contribution in [1.29, 1.82) is 0 Å². The maximum absolute atomic E-state index is 11.5. The Morgan fingerprint density at radius 1 is 1.61 bits per heavy atom. The van der Waals surface area contributed by atoms with Crippen LogP contribution in [0.5, 0.6) is 0 Å². The highest BCUT2D eigenvalue weighted by atomic mass is 16.5. The fourth-order valence-electron chi connectivity index (χ4n) is 1.42. The first-order valence-electron chi connectivity index (χ1n) is 6.35. The van der Waals surface area contributed by atoms with Crippen LogP contribution >= 0.6 is 0 Å². The molecule has 4 nitrogen and oxygen atoms in total. The summed E-state index contributed by atoms with van der Waals surface area (Å²) in [5, 5.41) is 3.24. The minimum absolute atomic E-state index is 0.129. The van der Waals surface area contributed by atoms with Crippen molar-refractivity contribution in [2.24, 2.45) is 0 Å². The van der Waals surface area contributed by atoms with Crippen LogP contribution in [-0.4, -0.2) is 25.2 Å². The van der Waals surface area contributed by atoms with Gasteiger partial charge in [-0.1, -0.05) is 13.3 Å². The van der Waals surface area contributed by atoms with Gasteiger partial charge in [0.15, 0.2) is 0 Å². The number of rotatable bonds is 8. The maximum Gasteiger partial charge on any atom is 0.331 e. The lowest BCUT2D eigenvalue weighted by Gasteiger charge is -2.12. The van der Waals surface area contributed by atoms with E-state index in [2.05, 4.69) is 12.2 Å². The summed E-state index contributed by atoms with van der Waals surface area (Å²) in [6.45, 7) is 5.66. The first-order chi connectivity index (χ1) is 8.72. The number of ether oxygens (including phenoxy) is 1. The van der Waals surface area contributed by atoms with Crippen molar-refractivity contribution in [3.8, 4) is 0 Å². The van der Waals surface area contributed by atoms with Crippen LogP contribution in [-0.2, 0) is 9.53 Å². The van der Waals surface area contributed by atoms with Crippen molar-refractivity contribution in [3.63, 3.8) is 0 Å². The van der Waals surface area contributed by atoms with Crippen LogP contribution in [0.2, 0.25) is 0 Å². The monoisotopic (exact) mass is 251 g/mol. The molecule has 0 bridgehead atoms. The van der Waals surface area contributed by atoms with Gasteiger partial charge < -0.3 is 14.5 Å². The highest BCUT2D eigenvalue weighted by Gasteiger charge is 2.05. The number of furan rings is 1. The number of unbranched alkanes of at least 4 members (excludes halogenated alkanes) is 1. The van der Waals surface area contributed by atoms with Crippen molar-refractivity contribution < 1.29 is 13.9 Å². The van der Waals surface area contributed by atoms with E-state index in [0.717, 1.165) is 19.4 Å². The second-order valence-electron chi connectivity index (χ2n) is 4.15. The van der Waals surface area contributed by atoms with Crippen molar-refractivity contribution in [3.05, 3.63) is 30.2 Å². The molecule has 1 heterocycles. The topological polar surface area (TPSA) is 51.5 Å². The Labute approximate surface area is 108 Å². The van der Waals surface area contributed by atoms with Gasteiger partial charge in [0.25, 0.3) is 0 Å². The Kier molecular flexibility index (Phi) is 6.87. The van der Waals surface area contributed by atoms with E-state index in [1.807, 2.05) is 6.92 Å². The van der Waals surface area contributed by atoms with Gasteiger partial charge in [0.05, 0.1) is 6.26 Å². The lowest BCUT2D eigenvalue weighted by atomic mass is 10.3. The Morgan fingerprint density at radius 3 is 3.11 bits per heavy atom. The minimum atomic E-state index is -0.351. The largest absolute Gasteiger partial charge is 0.465 e. The average molecular weight is 251 g/mol. The molecular formula is C14H21NO3. The summed E-state index contributed by atoms with van der Waals surface area (Å²) in [5.74, 6) is 0.289. The first kappa shape index (κ1) is 14.5. The van der Waals surface area contributed by atoms with Crippen LogP contribution in [0.4, 0.5) is 0 Å². The van der Waals surface area contributed by atoms with Gasteiger partial charge in [-0.05, 0) is 38.1 Å². The third-order valence-electron chi connectivity index (χ3n) is 2.38. The van der Waals surface area contributed by atoms with Gasteiger partial charge in [-0.15, -0.1) is 0 Å². The van der Waals surface area contributed by atoms with Gasteiger partial charge in [0, 0.05) is 12.6 Å². The van der Waals surface area contributed by atoms with E-state index >= 15 is 0 Å². The van der Waals surface area contributed by atoms with Crippen LogP contribution in [0.25, 0.3) is 6.08 Å². The average Bonchev–Trinajstić information content (AvgIpc) is 2.85. The highest BCUT2D eigenvalue weighted by Crippen LogP contribution is 2.02. The molecule has 1 unspecified atom stereocenters. The van der Waals surface area contributed by atoms with E-state index in [9.17, 15) is 4.79 Å². The lowest BCUT2D eigenvalue weighted by Crippen LogP contribution is -2.29. The van der Waals surface area contributed by atoms with Crippen molar-refractivity contribution >= 4 is 12.0 Å². The molecule has 100 valence electrons. The fraction of sp³-hybridized carbons (Fsp3) is 0.500. The Balaban J connectivity index is 2.19. The van der Waals surface area contributed by atoms with Gasteiger partial charge >= 0.3 is 5.97 Å². The second kappa shape index (κ2) is 8.53. The van der Waals surface area contributed by atoms with E-state index in [1.165, 1.54) is 6.08 Å². The minimum Gasteiger partial charge on any atom is -0.465 e. The maximum atomic E-state index is 11.5. The number of carbonyl (C=O) groups excluding carboxylic acids is 1. The Hall–Kier alpha value is -1.55. The zero-order valence-electron chi connectivity index (χ0n) is 11.0. The molecule has 0 spiro atoms. The molecule has 0 radical (unpaired) electrons. The quantitative estimate of drug-likeness (QED) is 0.438. The molecule has 0 saturated carbocycles. The van der Waals surface area contributed by atoms with Crippen molar-refractivity contribution in [1.82, 2.24) is 5.32 Å². The highest BCUT2D eigenvalue weighted by molar-refractivity contribution is 5.86. The summed E-state index contributed by atoms with van der Waals surface area (Å²) < 4.78 is 10.3. The molecule has 0 aliphatic heterocycles. The normalized spacial score (nSPS) is 12.8. The molecule has 0 saturated heterocycles. The second-order valence-corrected chi connectivity index (χ2v) is 4.15. The molecule has 0 aliphatic carbocycles. The van der Waals surface area contributed by atoms with E-state index in [-0.39, 0.29) is 12.1 Å². The molecule has 0 aliphatic rings. The molecule has 1 aromatic rings. The van der Waals surface area contributed by atoms with Crippen LogP contribution in [0.3, 0.4) is 0 Å². The lowest BCUT2D eigenvalue weighted by molar-refractivity contribution is -0.141. The molecule has 0 fully saturated rings. The Bertz CT molecular complexity index is 357. The van der Waals surface area contributed by atoms with Crippen LogP contribution in [0.15, 0.2) is 28.9 Å². The van der Waals surface area contributed by atoms with Gasteiger partial charge in [-0.2, -0.15) is 0 Å². The SMILES string of the molecule is CCCCNCC(C)OC(=O)/C=C/c1ccco1. The summed E-state index contributed by atoms with van der Waals surface area (Å²) in [5.41, 5.74) is 0. The molecule has 1 atom stereocenters. The summed E-state index contributed by atoms with van der Waals surface area (Å²) in [6.07, 6.45) is 6.70. The standard InChI is InChI=1S/C14H21NO3/c1-3-4-9-15-11-12(2)18-14(16)8-7-13-6-5-10-17-13/h5-8,10,12,15H,3-4,9,11H2,1-2H3/b8-7+. The number of nitrogens with one attached hydrogen (secondary N) is 1. The van der Waals surface area contributed by atoms with E-state index < -0.39 is 0 Å². The van der Waals surface area contributed by atoms with Gasteiger partial charge in [0.1, 0.15) is 11.9 Å². The van der Waals surface area contributed by atoms with E-state index in [4.69, 9.17) is 9.15 Å². The summed E-state index contributed by atoms with van der Waals surface area (Å²) in [4.78, 5) is 11.5. The number of esters is 1. The zero-order valence-corrected chi connectivity index (χ0v) is 11.0. The van der Waals surface area contributed by atoms with Gasteiger partial charge in [-0.25, -0.2) is 4.79 Å². The van der Waals surface area contributed by atoms with Crippen molar-refractivity contribution in [2.45, 2.75) is 32.8 Å². The molecule has 0 aromatic carbocycles. The molecule has 1 N–H and O–H groups in total. The van der Waals surface area contributed by atoms with Crippen molar-refractivity contribution in [2.75, 3.05) is 13.1 Å². The summed E-state index contributed by atoms with van der Waals surface area (Å²) in [7, 11) is 0. The van der Waals surface area contributed by atoms with E-state index in [1.54, 1.807) is 24.5 Å². The summed E-state index contributed by atoms with van der Waals surface area (Å²) >= 11 is 0. The third kappa shape index (κ3) is 6.25. The molecule has 18 heavy (non-hydrogen) atoms. The molecule has 4 heteroatoms. The molecular weight excluding hydrogens is 230 g/mol. The molecule has 0 amide bonds. The number of hydrogen-bond acceptors (Lipinski definition) is 4. The Morgan fingerprint density at radius 2 is 2.44 bits per heavy atom. The van der Waals surface area contributed by atoms with Crippen LogP contribution < -0.4 is 5.32 Å². The number of carbonyl (C=O) groups is 1. The molecule has 1 aromatic heterocycles. The molecule has 1 rings (SSSR count). The fourth-order valence-corrected chi connectivity index (χ4v) is 1.42. The predicted octanol–water partition coefficient (Wildman–Crippen LogP) is 2.61. The van der Waals surface area contributed by atoms with Crippen LogP contribution in [0, 0.1) is 0 Å². The number of hydrogen-bond donors (Lipinski definition) is 1. The zero-order chi connectivity index (χ0) is 13.2. The van der Waals surface area contributed by atoms with E-state index in [0.29, 0.717) is 12.3 Å². The third-order valence-corrected chi connectivity index (χ3v) is 2.38. The van der Waals surface area contributed by atoms with Gasteiger partial charge in [-0.3, -0.25) is 0 Å². The first-order valence-corrected chi connectivity index (χ1v) is 6.35. The predicted molar refractivity (Wildman–Crippen MR) is 71.1 cm³/mol.